The number of rotatable bonds is 3. The SMILES string of the molecule is Cc1csc2c(NCc3cn[nH]c3)ncnc12. The standard InChI is InChI=1S/C11H11N5S/c1-7-5-17-10-9(7)13-6-14-11(10)12-2-8-3-15-16-4-8/h3-6H,2H2,1H3,(H,15,16)(H,12,13,14). The Kier molecular flexibility index (Phi) is 2.49. The molecule has 0 fully saturated rings. The molecule has 0 aliphatic rings. The Hall–Kier alpha value is -1.95. The summed E-state index contributed by atoms with van der Waals surface area (Å²) in [6.45, 7) is 2.77. The zero-order valence-electron chi connectivity index (χ0n) is 9.27. The zero-order chi connectivity index (χ0) is 11.7. The van der Waals surface area contributed by atoms with Crippen LogP contribution < -0.4 is 5.32 Å². The van der Waals surface area contributed by atoms with E-state index >= 15 is 0 Å². The Balaban J connectivity index is 1.90. The first-order valence-corrected chi connectivity index (χ1v) is 6.13. The summed E-state index contributed by atoms with van der Waals surface area (Å²) in [4.78, 5) is 8.56. The van der Waals surface area contributed by atoms with E-state index in [1.54, 1.807) is 23.9 Å². The molecule has 3 aromatic rings. The van der Waals surface area contributed by atoms with E-state index in [9.17, 15) is 0 Å². The van der Waals surface area contributed by atoms with E-state index in [0.29, 0.717) is 6.54 Å². The van der Waals surface area contributed by atoms with Crippen molar-refractivity contribution in [1.82, 2.24) is 20.2 Å². The molecule has 0 saturated carbocycles. The van der Waals surface area contributed by atoms with Crippen LogP contribution >= 0.6 is 11.3 Å². The lowest BCUT2D eigenvalue weighted by Gasteiger charge is -2.04. The number of H-pyrrole nitrogens is 1. The molecular formula is C11H11N5S. The fourth-order valence-corrected chi connectivity index (χ4v) is 2.62. The van der Waals surface area contributed by atoms with E-state index < -0.39 is 0 Å². The van der Waals surface area contributed by atoms with E-state index in [4.69, 9.17) is 0 Å². The van der Waals surface area contributed by atoms with Gasteiger partial charge in [0.1, 0.15) is 12.1 Å². The van der Waals surface area contributed by atoms with Gasteiger partial charge in [-0.2, -0.15) is 5.10 Å². The third kappa shape index (κ3) is 1.87. The number of aryl methyl sites for hydroxylation is 1. The second-order valence-electron chi connectivity index (χ2n) is 3.78. The first-order valence-electron chi connectivity index (χ1n) is 5.25. The predicted molar refractivity (Wildman–Crippen MR) is 68.1 cm³/mol. The highest BCUT2D eigenvalue weighted by molar-refractivity contribution is 7.18. The second-order valence-corrected chi connectivity index (χ2v) is 4.66. The smallest absolute Gasteiger partial charge is 0.147 e. The quantitative estimate of drug-likeness (QED) is 0.743. The van der Waals surface area contributed by atoms with Crippen molar-refractivity contribution in [2.45, 2.75) is 13.5 Å². The maximum Gasteiger partial charge on any atom is 0.147 e. The molecule has 3 aromatic heterocycles. The number of thiophene rings is 1. The fourth-order valence-electron chi connectivity index (χ4n) is 1.66. The van der Waals surface area contributed by atoms with Crippen molar-refractivity contribution in [3.8, 4) is 0 Å². The predicted octanol–water partition coefficient (Wildman–Crippen LogP) is 2.33. The molecule has 0 radical (unpaired) electrons. The van der Waals surface area contributed by atoms with Gasteiger partial charge in [-0.25, -0.2) is 9.97 Å². The Labute approximate surface area is 102 Å². The van der Waals surface area contributed by atoms with Gasteiger partial charge in [-0.1, -0.05) is 0 Å². The van der Waals surface area contributed by atoms with E-state index in [2.05, 4.69) is 37.8 Å². The Morgan fingerprint density at radius 2 is 2.35 bits per heavy atom. The summed E-state index contributed by atoms with van der Waals surface area (Å²) in [6.07, 6.45) is 5.26. The van der Waals surface area contributed by atoms with Crippen molar-refractivity contribution in [2.75, 3.05) is 5.32 Å². The zero-order valence-corrected chi connectivity index (χ0v) is 10.1. The van der Waals surface area contributed by atoms with Crippen LogP contribution in [0, 0.1) is 6.92 Å². The normalized spacial score (nSPS) is 10.9. The lowest BCUT2D eigenvalue weighted by atomic mass is 10.3. The molecular weight excluding hydrogens is 234 g/mol. The molecule has 0 bridgehead atoms. The van der Waals surface area contributed by atoms with Crippen LogP contribution in [-0.4, -0.2) is 20.2 Å². The third-order valence-electron chi connectivity index (χ3n) is 2.55. The molecule has 0 spiro atoms. The first kappa shape index (κ1) is 10.2. The third-order valence-corrected chi connectivity index (χ3v) is 3.64. The lowest BCUT2D eigenvalue weighted by Crippen LogP contribution is -2.00. The van der Waals surface area contributed by atoms with E-state index in [-0.39, 0.29) is 0 Å². The summed E-state index contributed by atoms with van der Waals surface area (Å²) in [7, 11) is 0. The van der Waals surface area contributed by atoms with Crippen molar-refractivity contribution in [3.05, 3.63) is 35.2 Å². The van der Waals surface area contributed by atoms with Gasteiger partial charge < -0.3 is 5.32 Å². The Morgan fingerprint density at radius 3 is 3.18 bits per heavy atom. The molecule has 6 heteroatoms. The summed E-state index contributed by atoms with van der Waals surface area (Å²) >= 11 is 1.67. The number of nitrogens with zero attached hydrogens (tertiary/aromatic N) is 3. The number of hydrogen-bond acceptors (Lipinski definition) is 5. The molecule has 0 unspecified atom stereocenters. The van der Waals surface area contributed by atoms with E-state index in [1.165, 1.54) is 5.56 Å². The van der Waals surface area contributed by atoms with Crippen LogP contribution in [0.5, 0.6) is 0 Å². The Morgan fingerprint density at radius 1 is 1.41 bits per heavy atom. The van der Waals surface area contributed by atoms with Crippen LogP contribution in [0.25, 0.3) is 10.2 Å². The minimum absolute atomic E-state index is 0.708. The Bertz CT molecular complexity index is 628. The maximum absolute atomic E-state index is 4.29. The molecule has 2 N–H and O–H groups in total. The number of hydrogen-bond donors (Lipinski definition) is 2. The maximum atomic E-state index is 4.29. The summed E-state index contributed by atoms with van der Waals surface area (Å²) in [5.41, 5.74) is 3.32. The molecule has 0 aliphatic heterocycles. The van der Waals surface area contributed by atoms with Crippen molar-refractivity contribution in [3.63, 3.8) is 0 Å². The van der Waals surface area contributed by atoms with Gasteiger partial charge in [0.05, 0.1) is 16.4 Å². The van der Waals surface area contributed by atoms with Crippen LogP contribution in [0.4, 0.5) is 5.82 Å². The summed E-state index contributed by atoms with van der Waals surface area (Å²) in [5, 5.41) is 12.1. The largest absolute Gasteiger partial charge is 0.365 e. The molecule has 0 atom stereocenters. The van der Waals surface area contributed by atoms with Gasteiger partial charge in [-0.3, -0.25) is 5.10 Å². The molecule has 5 nitrogen and oxygen atoms in total. The molecule has 3 heterocycles. The van der Waals surface area contributed by atoms with Crippen molar-refractivity contribution in [1.29, 1.82) is 0 Å². The second kappa shape index (κ2) is 4.14. The molecule has 86 valence electrons. The summed E-state index contributed by atoms with van der Waals surface area (Å²) in [5.74, 6) is 0.884. The van der Waals surface area contributed by atoms with Crippen LogP contribution in [0.2, 0.25) is 0 Å². The van der Waals surface area contributed by atoms with Gasteiger partial charge in [-0.05, 0) is 17.9 Å². The van der Waals surface area contributed by atoms with Crippen molar-refractivity contribution >= 4 is 27.4 Å². The van der Waals surface area contributed by atoms with Gasteiger partial charge in [0.25, 0.3) is 0 Å². The molecule has 0 aromatic carbocycles. The van der Waals surface area contributed by atoms with Gasteiger partial charge in [0.2, 0.25) is 0 Å². The van der Waals surface area contributed by atoms with E-state index in [0.717, 1.165) is 21.6 Å². The average Bonchev–Trinajstić information content (AvgIpc) is 2.97. The summed E-state index contributed by atoms with van der Waals surface area (Å²) in [6, 6.07) is 0. The number of nitrogens with one attached hydrogen (secondary N) is 2. The first-order chi connectivity index (χ1) is 8.34. The monoisotopic (exact) mass is 245 g/mol. The van der Waals surface area contributed by atoms with Gasteiger partial charge in [-0.15, -0.1) is 11.3 Å². The summed E-state index contributed by atoms with van der Waals surface area (Å²) < 4.78 is 1.11. The highest BCUT2D eigenvalue weighted by Gasteiger charge is 2.07. The van der Waals surface area contributed by atoms with Gasteiger partial charge >= 0.3 is 0 Å². The number of aromatic amines is 1. The lowest BCUT2D eigenvalue weighted by molar-refractivity contribution is 1.09. The fraction of sp³-hybridized carbons (Fsp3) is 0.182. The minimum atomic E-state index is 0.708. The van der Waals surface area contributed by atoms with Crippen LogP contribution in [0.3, 0.4) is 0 Å². The highest BCUT2D eigenvalue weighted by atomic mass is 32.1. The van der Waals surface area contributed by atoms with Crippen LogP contribution in [0.1, 0.15) is 11.1 Å². The van der Waals surface area contributed by atoms with E-state index in [1.807, 2.05) is 6.20 Å². The van der Waals surface area contributed by atoms with Crippen molar-refractivity contribution < 1.29 is 0 Å². The molecule has 0 saturated heterocycles. The van der Waals surface area contributed by atoms with Gasteiger partial charge in [0, 0.05) is 18.3 Å². The number of aromatic nitrogens is 4. The number of fused-ring (bicyclic) bond motifs is 1. The molecule has 3 rings (SSSR count). The van der Waals surface area contributed by atoms with Gasteiger partial charge in [0.15, 0.2) is 0 Å². The molecule has 0 aliphatic carbocycles. The van der Waals surface area contributed by atoms with Crippen molar-refractivity contribution in [2.24, 2.45) is 0 Å². The topological polar surface area (TPSA) is 66.5 Å². The minimum Gasteiger partial charge on any atom is -0.365 e. The molecule has 0 amide bonds. The number of anilines is 1. The average molecular weight is 245 g/mol. The van der Waals surface area contributed by atoms with Crippen LogP contribution in [0.15, 0.2) is 24.1 Å². The van der Waals surface area contributed by atoms with Crippen LogP contribution in [-0.2, 0) is 6.54 Å². The molecule has 17 heavy (non-hydrogen) atoms. The highest BCUT2D eigenvalue weighted by Crippen LogP contribution is 2.28.